The Morgan fingerprint density at radius 1 is 1.11 bits per heavy atom. The van der Waals surface area contributed by atoms with Gasteiger partial charge >= 0.3 is 0 Å². The van der Waals surface area contributed by atoms with Crippen molar-refractivity contribution >= 4 is 11.8 Å². The Kier molecular flexibility index (Phi) is 6.39. The van der Waals surface area contributed by atoms with Crippen molar-refractivity contribution < 1.29 is 14.0 Å². The maximum absolute atomic E-state index is 13.0. The average molecular weight is 383 g/mol. The Labute approximate surface area is 165 Å². The molecule has 1 fully saturated rings. The van der Waals surface area contributed by atoms with Crippen LogP contribution in [0.15, 0.2) is 42.6 Å². The van der Waals surface area contributed by atoms with Crippen LogP contribution in [0.5, 0.6) is 0 Å². The van der Waals surface area contributed by atoms with Gasteiger partial charge in [-0.2, -0.15) is 0 Å². The van der Waals surface area contributed by atoms with Crippen molar-refractivity contribution in [2.45, 2.75) is 31.6 Å². The molecule has 0 aliphatic carbocycles. The van der Waals surface area contributed by atoms with Gasteiger partial charge in [-0.25, -0.2) is 4.39 Å². The lowest BCUT2D eigenvalue weighted by molar-refractivity contribution is -0.132. The van der Waals surface area contributed by atoms with E-state index in [1.165, 1.54) is 17.0 Å². The van der Waals surface area contributed by atoms with Crippen molar-refractivity contribution in [1.29, 1.82) is 0 Å². The Hall–Kier alpha value is -2.76. The summed E-state index contributed by atoms with van der Waals surface area (Å²) in [4.78, 5) is 32.3. The number of aromatic nitrogens is 1. The molecule has 0 unspecified atom stereocenters. The molecule has 1 saturated heterocycles. The summed E-state index contributed by atoms with van der Waals surface area (Å²) in [5, 5.41) is 0. The van der Waals surface area contributed by atoms with Crippen LogP contribution >= 0.6 is 0 Å². The lowest BCUT2D eigenvalue weighted by atomic mass is 9.92. The minimum atomic E-state index is -0.259. The van der Waals surface area contributed by atoms with Crippen molar-refractivity contribution in [2.24, 2.45) is 0 Å². The maximum Gasteiger partial charge on any atom is 0.254 e. The van der Waals surface area contributed by atoms with Crippen molar-refractivity contribution in [2.75, 3.05) is 27.2 Å². The average Bonchev–Trinajstić information content (AvgIpc) is 2.73. The van der Waals surface area contributed by atoms with Crippen LogP contribution in [0.25, 0.3) is 0 Å². The van der Waals surface area contributed by atoms with Crippen LogP contribution < -0.4 is 0 Å². The molecule has 0 saturated carbocycles. The van der Waals surface area contributed by atoms with E-state index in [1.54, 1.807) is 32.4 Å². The minimum Gasteiger partial charge on any atom is -0.345 e. The van der Waals surface area contributed by atoms with Crippen LogP contribution in [-0.4, -0.2) is 53.8 Å². The molecule has 2 heterocycles. The molecule has 148 valence electrons. The van der Waals surface area contributed by atoms with E-state index in [-0.39, 0.29) is 17.6 Å². The second-order valence-electron chi connectivity index (χ2n) is 7.45. The summed E-state index contributed by atoms with van der Waals surface area (Å²) >= 11 is 0. The van der Waals surface area contributed by atoms with Gasteiger partial charge in [-0.05, 0) is 49.1 Å². The number of benzene rings is 1. The zero-order valence-electron chi connectivity index (χ0n) is 16.4. The minimum absolute atomic E-state index is 0.0550. The van der Waals surface area contributed by atoms with Gasteiger partial charge in [0.2, 0.25) is 5.91 Å². The number of hydrogen-bond acceptors (Lipinski definition) is 3. The van der Waals surface area contributed by atoms with Gasteiger partial charge in [-0.3, -0.25) is 14.6 Å². The monoisotopic (exact) mass is 383 g/mol. The zero-order chi connectivity index (χ0) is 20.1. The lowest BCUT2D eigenvalue weighted by Crippen LogP contribution is -2.38. The number of piperidine rings is 1. The van der Waals surface area contributed by atoms with E-state index >= 15 is 0 Å². The van der Waals surface area contributed by atoms with Gasteiger partial charge < -0.3 is 9.80 Å². The molecule has 3 rings (SSSR count). The number of carbonyl (C=O) groups is 2. The molecule has 1 aromatic carbocycles. The quantitative estimate of drug-likeness (QED) is 0.796. The molecule has 2 aromatic rings. The topological polar surface area (TPSA) is 53.5 Å². The largest absolute Gasteiger partial charge is 0.345 e. The predicted molar refractivity (Wildman–Crippen MR) is 106 cm³/mol. The third kappa shape index (κ3) is 4.94. The summed E-state index contributed by atoms with van der Waals surface area (Å²) in [6, 6.07) is 10.1. The summed E-state index contributed by atoms with van der Waals surface area (Å²) in [5.74, 6) is 0.137. The first-order chi connectivity index (χ1) is 13.4. The second-order valence-corrected chi connectivity index (χ2v) is 7.45. The Balaban J connectivity index is 1.49. The number of carbonyl (C=O) groups excluding carboxylic acids is 2. The summed E-state index contributed by atoms with van der Waals surface area (Å²) in [6.45, 7) is 1.43. The molecule has 0 bridgehead atoms. The molecule has 0 N–H and O–H groups in total. The van der Waals surface area contributed by atoms with Gasteiger partial charge in [-0.1, -0.05) is 12.1 Å². The number of halogens is 1. The highest BCUT2D eigenvalue weighted by molar-refractivity contribution is 5.93. The molecule has 5 nitrogen and oxygen atoms in total. The Bertz CT molecular complexity index is 811. The molecule has 0 spiro atoms. The summed E-state index contributed by atoms with van der Waals surface area (Å²) < 4.78 is 13.0. The predicted octanol–water partition coefficient (Wildman–Crippen LogP) is 3.26. The highest BCUT2D eigenvalue weighted by Crippen LogP contribution is 2.27. The molecule has 1 aromatic heterocycles. The Morgan fingerprint density at radius 2 is 1.79 bits per heavy atom. The number of hydrogen-bond donors (Lipinski definition) is 0. The van der Waals surface area contributed by atoms with E-state index in [1.807, 2.05) is 17.0 Å². The first-order valence-corrected chi connectivity index (χ1v) is 9.64. The molecule has 28 heavy (non-hydrogen) atoms. The fourth-order valence-corrected chi connectivity index (χ4v) is 3.52. The van der Waals surface area contributed by atoms with E-state index in [2.05, 4.69) is 4.98 Å². The van der Waals surface area contributed by atoms with Gasteiger partial charge in [0.15, 0.2) is 0 Å². The van der Waals surface area contributed by atoms with Gasteiger partial charge in [0.1, 0.15) is 5.82 Å². The SMILES string of the molecule is CN(C)C(=O)c1ccc(C2CCN(C(=O)CCc3ccc(F)cc3)CC2)nc1. The van der Waals surface area contributed by atoms with Gasteiger partial charge in [0.25, 0.3) is 5.91 Å². The van der Waals surface area contributed by atoms with Crippen LogP contribution in [0.3, 0.4) is 0 Å². The van der Waals surface area contributed by atoms with Crippen LogP contribution in [-0.2, 0) is 11.2 Å². The molecular formula is C22H26FN3O2. The maximum atomic E-state index is 13.0. The number of pyridine rings is 1. The molecule has 0 radical (unpaired) electrons. The van der Waals surface area contributed by atoms with Crippen LogP contribution in [0.2, 0.25) is 0 Å². The van der Waals surface area contributed by atoms with Gasteiger partial charge in [0.05, 0.1) is 5.56 Å². The van der Waals surface area contributed by atoms with Crippen LogP contribution in [0.4, 0.5) is 4.39 Å². The molecule has 1 aliphatic heterocycles. The third-order valence-corrected chi connectivity index (χ3v) is 5.25. The highest BCUT2D eigenvalue weighted by Gasteiger charge is 2.24. The van der Waals surface area contributed by atoms with E-state index in [9.17, 15) is 14.0 Å². The first kappa shape index (κ1) is 20.0. The number of aryl methyl sites for hydroxylation is 1. The standard InChI is InChI=1S/C22H26FN3O2/c1-25(2)22(28)18-6-9-20(24-15-18)17-11-13-26(14-12-17)21(27)10-5-16-3-7-19(23)8-4-16/h3-4,6-9,15,17H,5,10-14H2,1-2H3. The number of likely N-dealkylation sites (tertiary alicyclic amines) is 1. The fraction of sp³-hybridized carbons (Fsp3) is 0.409. The number of amides is 2. The van der Waals surface area contributed by atoms with Crippen molar-refractivity contribution in [3.63, 3.8) is 0 Å². The van der Waals surface area contributed by atoms with Gasteiger partial charge in [0, 0.05) is 51.4 Å². The van der Waals surface area contributed by atoms with E-state index < -0.39 is 0 Å². The van der Waals surface area contributed by atoms with E-state index in [0.29, 0.717) is 37.4 Å². The Morgan fingerprint density at radius 3 is 2.36 bits per heavy atom. The second kappa shape index (κ2) is 8.95. The fourth-order valence-electron chi connectivity index (χ4n) is 3.52. The van der Waals surface area contributed by atoms with Crippen LogP contribution in [0.1, 0.15) is 46.8 Å². The molecule has 2 amide bonds. The van der Waals surface area contributed by atoms with Gasteiger partial charge in [-0.15, -0.1) is 0 Å². The smallest absolute Gasteiger partial charge is 0.254 e. The molecule has 6 heteroatoms. The summed E-state index contributed by atoms with van der Waals surface area (Å²) in [7, 11) is 3.44. The summed E-state index contributed by atoms with van der Waals surface area (Å²) in [5.41, 5.74) is 2.54. The highest BCUT2D eigenvalue weighted by atomic mass is 19.1. The zero-order valence-corrected chi connectivity index (χ0v) is 16.4. The molecule has 0 atom stereocenters. The third-order valence-electron chi connectivity index (χ3n) is 5.25. The van der Waals surface area contributed by atoms with E-state index in [4.69, 9.17) is 0 Å². The molecule has 1 aliphatic rings. The van der Waals surface area contributed by atoms with Crippen molar-refractivity contribution in [3.05, 3.63) is 65.2 Å². The van der Waals surface area contributed by atoms with Crippen LogP contribution in [0, 0.1) is 5.82 Å². The lowest BCUT2D eigenvalue weighted by Gasteiger charge is -2.32. The van der Waals surface area contributed by atoms with Crippen molar-refractivity contribution in [1.82, 2.24) is 14.8 Å². The first-order valence-electron chi connectivity index (χ1n) is 9.64. The normalized spacial score (nSPS) is 14.8. The number of rotatable bonds is 5. The summed E-state index contributed by atoms with van der Waals surface area (Å²) in [6.07, 6.45) is 4.45. The van der Waals surface area contributed by atoms with E-state index in [0.717, 1.165) is 24.1 Å². The molecular weight excluding hydrogens is 357 g/mol. The van der Waals surface area contributed by atoms with Crippen molar-refractivity contribution in [3.8, 4) is 0 Å². The number of nitrogens with zero attached hydrogens (tertiary/aromatic N) is 3.